The van der Waals surface area contributed by atoms with Gasteiger partial charge in [0.15, 0.2) is 11.5 Å². The summed E-state index contributed by atoms with van der Waals surface area (Å²) >= 11 is 0. The third-order valence-corrected chi connectivity index (χ3v) is 3.32. The second-order valence-corrected chi connectivity index (χ2v) is 4.91. The Morgan fingerprint density at radius 2 is 1.96 bits per heavy atom. The molecule has 0 bridgehead atoms. The van der Waals surface area contributed by atoms with Crippen molar-refractivity contribution in [2.24, 2.45) is 4.99 Å². The minimum absolute atomic E-state index is 0.328. The summed E-state index contributed by atoms with van der Waals surface area (Å²) in [5, 5.41) is 0. The lowest BCUT2D eigenvalue weighted by Gasteiger charge is -2.17. The summed E-state index contributed by atoms with van der Waals surface area (Å²) in [6, 6.07) is 5.13. The van der Waals surface area contributed by atoms with Crippen LogP contribution in [0.1, 0.15) is 12.5 Å². The topological polar surface area (TPSA) is 54.9 Å². The predicted molar refractivity (Wildman–Crippen MR) is 85.0 cm³/mol. The molecule has 1 aliphatic rings. The van der Waals surface area contributed by atoms with E-state index in [2.05, 4.69) is 22.4 Å². The smallest absolute Gasteiger partial charge is 0.306 e. The van der Waals surface area contributed by atoms with Crippen molar-refractivity contribution in [3.8, 4) is 11.5 Å². The molecule has 1 aliphatic heterocycles. The molecule has 5 nitrogen and oxygen atoms in total. The average Bonchev–Trinajstić information content (AvgIpc) is 2.76. The summed E-state index contributed by atoms with van der Waals surface area (Å²) < 4.78 is 38.2. The first-order valence-corrected chi connectivity index (χ1v) is 6.96. The van der Waals surface area contributed by atoms with Crippen molar-refractivity contribution in [3.63, 3.8) is 0 Å². The van der Waals surface area contributed by atoms with E-state index in [1.807, 2.05) is 0 Å². The van der Waals surface area contributed by atoms with Gasteiger partial charge < -0.3 is 14.9 Å². The molecule has 7 heteroatoms. The number of allylic oxidation sites excluding steroid dienone is 2. The molecule has 0 saturated heterocycles. The number of aliphatic imine (C=N–C) groups is 1. The number of halogens is 2. The maximum absolute atomic E-state index is 13.9. The second-order valence-electron chi connectivity index (χ2n) is 4.91. The maximum atomic E-state index is 13.9. The van der Waals surface area contributed by atoms with Crippen LogP contribution in [0.2, 0.25) is 0 Å². The lowest BCUT2D eigenvalue weighted by Crippen LogP contribution is -2.41. The Morgan fingerprint density at radius 1 is 1.26 bits per heavy atom. The SMILES string of the molecule is C=CC(F)(F)C1=CC(c2ccc(OC)c(OC)c2)=NC(C)NN1. The zero-order valence-corrected chi connectivity index (χ0v) is 13.2. The Bertz CT molecular complexity index is 657. The normalized spacial score (nSPS) is 18.2. The third-order valence-electron chi connectivity index (χ3n) is 3.32. The summed E-state index contributed by atoms with van der Waals surface area (Å²) in [5.41, 5.74) is 5.89. The van der Waals surface area contributed by atoms with Crippen molar-refractivity contribution in [2.45, 2.75) is 19.0 Å². The molecule has 0 aliphatic carbocycles. The molecule has 124 valence electrons. The molecule has 0 spiro atoms. The number of hydrogen-bond acceptors (Lipinski definition) is 5. The van der Waals surface area contributed by atoms with Gasteiger partial charge in [0.25, 0.3) is 0 Å². The van der Waals surface area contributed by atoms with Crippen LogP contribution >= 0.6 is 0 Å². The van der Waals surface area contributed by atoms with Gasteiger partial charge in [-0.05, 0) is 37.3 Å². The highest BCUT2D eigenvalue weighted by Gasteiger charge is 2.32. The summed E-state index contributed by atoms with van der Waals surface area (Å²) in [7, 11) is 3.04. The van der Waals surface area contributed by atoms with Crippen LogP contribution in [0.3, 0.4) is 0 Å². The number of hydrazine groups is 1. The predicted octanol–water partition coefficient (Wildman–Crippen LogP) is 2.65. The van der Waals surface area contributed by atoms with Crippen molar-refractivity contribution >= 4 is 5.71 Å². The van der Waals surface area contributed by atoms with Crippen molar-refractivity contribution in [1.82, 2.24) is 10.9 Å². The van der Waals surface area contributed by atoms with Crippen molar-refractivity contribution in [2.75, 3.05) is 14.2 Å². The van der Waals surface area contributed by atoms with E-state index in [0.29, 0.717) is 28.9 Å². The number of alkyl halides is 2. The summed E-state index contributed by atoms with van der Waals surface area (Å²) in [6.45, 7) is 4.92. The van der Waals surface area contributed by atoms with E-state index < -0.39 is 12.1 Å². The molecule has 1 heterocycles. The van der Waals surface area contributed by atoms with Gasteiger partial charge in [-0.15, -0.1) is 0 Å². The fourth-order valence-corrected chi connectivity index (χ4v) is 2.08. The van der Waals surface area contributed by atoms with E-state index in [1.54, 1.807) is 25.1 Å². The lowest BCUT2D eigenvalue weighted by molar-refractivity contribution is 0.0860. The molecule has 23 heavy (non-hydrogen) atoms. The molecule has 1 unspecified atom stereocenters. The summed E-state index contributed by atoms with van der Waals surface area (Å²) in [4.78, 5) is 4.38. The van der Waals surface area contributed by atoms with E-state index in [1.165, 1.54) is 20.3 Å². The van der Waals surface area contributed by atoms with Gasteiger partial charge in [-0.1, -0.05) is 6.58 Å². The van der Waals surface area contributed by atoms with Crippen LogP contribution in [0.25, 0.3) is 0 Å². The van der Waals surface area contributed by atoms with Crippen molar-refractivity contribution < 1.29 is 18.3 Å². The molecule has 0 radical (unpaired) electrons. The van der Waals surface area contributed by atoms with Gasteiger partial charge in [-0.25, -0.2) is 5.43 Å². The molecule has 0 saturated carbocycles. The van der Waals surface area contributed by atoms with E-state index in [-0.39, 0.29) is 5.70 Å². The highest BCUT2D eigenvalue weighted by molar-refractivity contribution is 6.09. The highest BCUT2D eigenvalue weighted by Crippen LogP contribution is 2.29. The fraction of sp³-hybridized carbons (Fsp3) is 0.312. The Morgan fingerprint density at radius 3 is 2.57 bits per heavy atom. The first-order valence-electron chi connectivity index (χ1n) is 6.96. The van der Waals surface area contributed by atoms with Crippen LogP contribution in [-0.4, -0.2) is 32.0 Å². The van der Waals surface area contributed by atoms with Gasteiger partial charge >= 0.3 is 5.92 Å². The van der Waals surface area contributed by atoms with E-state index in [9.17, 15) is 8.78 Å². The molecular formula is C16H19F2N3O2. The Hall–Kier alpha value is -2.41. The third kappa shape index (κ3) is 3.68. The van der Waals surface area contributed by atoms with E-state index >= 15 is 0 Å². The van der Waals surface area contributed by atoms with E-state index in [0.717, 1.165) is 0 Å². The van der Waals surface area contributed by atoms with Gasteiger partial charge in [0.1, 0.15) is 11.9 Å². The van der Waals surface area contributed by atoms with Gasteiger partial charge in [0.2, 0.25) is 0 Å². The van der Waals surface area contributed by atoms with Crippen LogP contribution in [0.15, 0.2) is 47.6 Å². The van der Waals surface area contributed by atoms with Crippen molar-refractivity contribution in [1.29, 1.82) is 0 Å². The number of hydrogen-bond donors (Lipinski definition) is 2. The van der Waals surface area contributed by atoms with Gasteiger partial charge in [-0.2, -0.15) is 8.78 Å². The number of ether oxygens (including phenoxy) is 2. The van der Waals surface area contributed by atoms with Crippen molar-refractivity contribution in [3.05, 3.63) is 48.2 Å². The Kier molecular flexibility index (Phi) is 5.00. The molecule has 0 fully saturated rings. The van der Waals surface area contributed by atoms with Gasteiger partial charge in [0.05, 0.1) is 19.9 Å². The molecule has 0 aromatic heterocycles. The minimum Gasteiger partial charge on any atom is -0.493 e. The van der Waals surface area contributed by atoms with Crippen LogP contribution in [0.5, 0.6) is 11.5 Å². The van der Waals surface area contributed by atoms with E-state index in [4.69, 9.17) is 9.47 Å². The Balaban J connectivity index is 2.49. The zero-order valence-electron chi connectivity index (χ0n) is 13.2. The second kappa shape index (κ2) is 6.78. The molecule has 1 atom stereocenters. The molecular weight excluding hydrogens is 304 g/mol. The zero-order chi connectivity index (χ0) is 17.0. The average molecular weight is 323 g/mol. The van der Waals surface area contributed by atoms with Crippen LogP contribution < -0.4 is 20.3 Å². The molecule has 2 rings (SSSR count). The van der Waals surface area contributed by atoms with Crippen LogP contribution in [0.4, 0.5) is 8.78 Å². The summed E-state index contributed by atoms with van der Waals surface area (Å²) in [5.74, 6) is -2.15. The molecule has 0 amide bonds. The first-order chi connectivity index (χ1) is 10.9. The number of nitrogens with zero attached hydrogens (tertiary/aromatic N) is 1. The number of benzene rings is 1. The molecule has 2 N–H and O–H groups in total. The first kappa shape index (κ1) is 17.0. The number of rotatable bonds is 5. The largest absolute Gasteiger partial charge is 0.493 e. The molecule has 1 aromatic rings. The standard InChI is InChI=1S/C16H19F2N3O2/c1-5-16(17,18)15-9-12(19-10(2)20-21-15)11-6-7-13(22-3)14(8-11)23-4/h5-10,20-21H,1H2,2-4H3. The quantitative estimate of drug-likeness (QED) is 0.818. The highest BCUT2D eigenvalue weighted by atomic mass is 19.3. The van der Waals surface area contributed by atoms with Crippen LogP contribution in [0, 0.1) is 0 Å². The van der Waals surface area contributed by atoms with Gasteiger partial charge in [-0.3, -0.25) is 4.99 Å². The fourth-order valence-electron chi connectivity index (χ4n) is 2.08. The monoisotopic (exact) mass is 323 g/mol. The maximum Gasteiger partial charge on any atom is 0.306 e. The van der Waals surface area contributed by atoms with Gasteiger partial charge in [0, 0.05) is 5.56 Å². The molecule has 1 aromatic carbocycles. The summed E-state index contributed by atoms with van der Waals surface area (Å²) in [6.07, 6.45) is 1.47. The van der Waals surface area contributed by atoms with Crippen LogP contribution in [-0.2, 0) is 0 Å². The number of methoxy groups -OCH3 is 2. The lowest BCUT2D eigenvalue weighted by atomic mass is 10.1. The Labute approximate surface area is 133 Å². The number of nitrogens with one attached hydrogen (secondary N) is 2. The minimum atomic E-state index is -3.20.